The van der Waals surface area contributed by atoms with E-state index < -0.39 is 0 Å². The van der Waals surface area contributed by atoms with Crippen LogP contribution in [0.4, 0.5) is 0 Å². The second-order valence-corrected chi connectivity index (χ2v) is 4.13. The first-order valence-electron chi connectivity index (χ1n) is 6.71. The van der Waals surface area contributed by atoms with Crippen LogP contribution in [0.3, 0.4) is 0 Å². The van der Waals surface area contributed by atoms with Crippen molar-refractivity contribution in [2.45, 2.75) is 33.6 Å². The summed E-state index contributed by atoms with van der Waals surface area (Å²) in [5, 5.41) is 0. The number of hydrogen-bond donors (Lipinski definition) is 0. The van der Waals surface area contributed by atoms with Gasteiger partial charge in [0.2, 0.25) is 0 Å². The molecule has 0 aromatic heterocycles. The van der Waals surface area contributed by atoms with Crippen LogP contribution >= 0.6 is 0 Å². The third kappa shape index (κ3) is 3.85. The molecule has 1 aromatic rings. The molecular formula is C16H22O3. The van der Waals surface area contributed by atoms with E-state index in [4.69, 9.17) is 9.47 Å². The fourth-order valence-electron chi connectivity index (χ4n) is 2.03. The van der Waals surface area contributed by atoms with Crippen molar-refractivity contribution in [2.75, 3.05) is 13.7 Å². The van der Waals surface area contributed by atoms with Crippen molar-refractivity contribution in [1.82, 2.24) is 0 Å². The molecule has 0 aliphatic rings. The maximum Gasteiger partial charge on any atom is 0.338 e. The molecule has 0 saturated carbocycles. The molecule has 3 heteroatoms. The Kier molecular flexibility index (Phi) is 6.13. The Morgan fingerprint density at radius 3 is 2.05 bits per heavy atom. The lowest BCUT2D eigenvalue weighted by atomic mass is 9.96. The number of allylic oxidation sites excluding steroid dienone is 1. The van der Waals surface area contributed by atoms with Crippen molar-refractivity contribution in [3.8, 4) is 5.75 Å². The predicted molar refractivity (Wildman–Crippen MR) is 77.1 cm³/mol. The molecule has 0 saturated heterocycles. The minimum Gasteiger partial charge on any atom is -0.497 e. The Bertz CT molecular complexity index is 438. The Hall–Kier alpha value is -1.77. The van der Waals surface area contributed by atoms with Crippen LogP contribution in [0.5, 0.6) is 5.75 Å². The molecule has 0 atom stereocenters. The second-order valence-electron chi connectivity index (χ2n) is 4.13. The largest absolute Gasteiger partial charge is 0.497 e. The van der Waals surface area contributed by atoms with Crippen LogP contribution in [0, 0.1) is 0 Å². The van der Waals surface area contributed by atoms with Crippen molar-refractivity contribution in [3.05, 3.63) is 35.4 Å². The average Bonchev–Trinajstić information content (AvgIpc) is 2.45. The zero-order valence-electron chi connectivity index (χ0n) is 12.2. The van der Waals surface area contributed by atoms with E-state index >= 15 is 0 Å². The quantitative estimate of drug-likeness (QED) is 0.577. The molecular weight excluding hydrogens is 240 g/mol. The number of carbonyl (C=O) groups excluding carboxylic acids is 1. The summed E-state index contributed by atoms with van der Waals surface area (Å²) in [7, 11) is 1.63. The maximum atomic E-state index is 12.1. The lowest BCUT2D eigenvalue weighted by molar-refractivity contribution is -0.136. The smallest absolute Gasteiger partial charge is 0.338 e. The summed E-state index contributed by atoms with van der Waals surface area (Å²) < 4.78 is 10.3. The van der Waals surface area contributed by atoms with E-state index in [-0.39, 0.29) is 5.97 Å². The lowest BCUT2D eigenvalue weighted by Gasteiger charge is -2.13. The Morgan fingerprint density at radius 1 is 1.05 bits per heavy atom. The van der Waals surface area contributed by atoms with Crippen LogP contribution < -0.4 is 4.74 Å². The summed E-state index contributed by atoms with van der Waals surface area (Å²) >= 11 is 0. The SMILES string of the molecule is CCOC(=O)C(=C(CC)CC)c1ccc(OC)cc1. The van der Waals surface area contributed by atoms with Gasteiger partial charge in [-0.15, -0.1) is 0 Å². The van der Waals surface area contributed by atoms with Gasteiger partial charge in [-0.25, -0.2) is 4.79 Å². The van der Waals surface area contributed by atoms with E-state index in [2.05, 4.69) is 13.8 Å². The Balaban J connectivity index is 3.22. The minimum absolute atomic E-state index is 0.244. The lowest BCUT2D eigenvalue weighted by Crippen LogP contribution is -2.09. The number of rotatable bonds is 6. The molecule has 1 aromatic carbocycles. The fraction of sp³-hybridized carbons (Fsp3) is 0.438. The standard InChI is InChI=1S/C16H22O3/c1-5-12(6-2)15(16(17)19-7-3)13-8-10-14(18-4)11-9-13/h8-11H,5-7H2,1-4H3. The summed E-state index contributed by atoms with van der Waals surface area (Å²) in [6.45, 7) is 6.32. The van der Waals surface area contributed by atoms with Gasteiger partial charge in [-0.05, 0) is 37.5 Å². The molecule has 0 amide bonds. The highest BCUT2D eigenvalue weighted by Crippen LogP contribution is 2.26. The van der Waals surface area contributed by atoms with E-state index in [1.54, 1.807) is 7.11 Å². The van der Waals surface area contributed by atoms with Gasteiger partial charge in [0.25, 0.3) is 0 Å². The van der Waals surface area contributed by atoms with Crippen LogP contribution in [0.15, 0.2) is 29.8 Å². The molecule has 0 spiro atoms. The van der Waals surface area contributed by atoms with Crippen molar-refractivity contribution < 1.29 is 14.3 Å². The van der Waals surface area contributed by atoms with Gasteiger partial charge >= 0.3 is 5.97 Å². The van der Waals surface area contributed by atoms with E-state index in [9.17, 15) is 4.79 Å². The van der Waals surface area contributed by atoms with Gasteiger partial charge in [0, 0.05) is 0 Å². The van der Waals surface area contributed by atoms with Crippen molar-refractivity contribution in [3.63, 3.8) is 0 Å². The zero-order valence-corrected chi connectivity index (χ0v) is 12.2. The van der Waals surface area contributed by atoms with E-state index in [1.807, 2.05) is 31.2 Å². The predicted octanol–water partition coefficient (Wildman–Crippen LogP) is 3.83. The number of methoxy groups -OCH3 is 1. The second kappa shape index (κ2) is 7.62. The molecule has 0 aliphatic carbocycles. The number of benzene rings is 1. The molecule has 0 N–H and O–H groups in total. The molecule has 0 aliphatic heterocycles. The van der Waals surface area contributed by atoms with Gasteiger partial charge in [0.15, 0.2) is 0 Å². The summed E-state index contributed by atoms with van der Waals surface area (Å²) in [5.41, 5.74) is 2.69. The van der Waals surface area contributed by atoms with Crippen LogP contribution in [-0.4, -0.2) is 19.7 Å². The third-order valence-electron chi connectivity index (χ3n) is 3.07. The number of esters is 1. The topological polar surface area (TPSA) is 35.5 Å². The molecule has 0 unspecified atom stereocenters. The summed E-state index contributed by atoms with van der Waals surface area (Å²) in [6, 6.07) is 7.52. The van der Waals surface area contributed by atoms with Crippen molar-refractivity contribution in [2.24, 2.45) is 0 Å². The Labute approximate surface area is 115 Å². The van der Waals surface area contributed by atoms with Gasteiger partial charge in [0.05, 0.1) is 19.3 Å². The minimum atomic E-state index is -0.244. The summed E-state index contributed by atoms with van der Waals surface area (Å²) in [4.78, 5) is 12.1. The summed E-state index contributed by atoms with van der Waals surface area (Å²) in [6.07, 6.45) is 1.69. The van der Waals surface area contributed by atoms with E-state index in [0.717, 1.165) is 29.7 Å². The highest BCUT2D eigenvalue weighted by Gasteiger charge is 2.17. The molecule has 1 rings (SSSR count). The average molecular weight is 262 g/mol. The van der Waals surface area contributed by atoms with Crippen LogP contribution in [0.25, 0.3) is 5.57 Å². The molecule has 0 bridgehead atoms. The first-order chi connectivity index (χ1) is 9.17. The third-order valence-corrected chi connectivity index (χ3v) is 3.07. The normalized spacial score (nSPS) is 9.89. The molecule has 104 valence electrons. The van der Waals surface area contributed by atoms with Gasteiger partial charge in [-0.1, -0.05) is 31.6 Å². The van der Waals surface area contributed by atoms with Crippen LogP contribution in [0.1, 0.15) is 39.2 Å². The monoisotopic (exact) mass is 262 g/mol. The number of hydrogen-bond acceptors (Lipinski definition) is 3. The van der Waals surface area contributed by atoms with Crippen molar-refractivity contribution in [1.29, 1.82) is 0 Å². The van der Waals surface area contributed by atoms with Gasteiger partial charge in [-0.2, -0.15) is 0 Å². The molecule has 3 nitrogen and oxygen atoms in total. The first kappa shape index (κ1) is 15.3. The van der Waals surface area contributed by atoms with E-state index in [0.29, 0.717) is 12.2 Å². The zero-order chi connectivity index (χ0) is 14.3. The molecule has 19 heavy (non-hydrogen) atoms. The molecule has 0 radical (unpaired) electrons. The fourth-order valence-corrected chi connectivity index (χ4v) is 2.03. The van der Waals surface area contributed by atoms with Gasteiger partial charge in [0.1, 0.15) is 5.75 Å². The van der Waals surface area contributed by atoms with Gasteiger partial charge in [-0.3, -0.25) is 0 Å². The number of ether oxygens (including phenoxy) is 2. The Morgan fingerprint density at radius 2 is 1.63 bits per heavy atom. The van der Waals surface area contributed by atoms with Crippen LogP contribution in [-0.2, 0) is 9.53 Å². The van der Waals surface area contributed by atoms with E-state index in [1.165, 1.54) is 0 Å². The first-order valence-corrected chi connectivity index (χ1v) is 6.71. The highest BCUT2D eigenvalue weighted by molar-refractivity contribution is 6.17. The van der Waals surface area contributed by atoms with Crippen molar-refractivity contribution >= 4 is 11.5 Å². The molecule has 0 heterocycles. The highest BCUT2D eigenvalue weighted by atomic mass is 16.5. The summed E-state index contributed by atoms with van der Waals surface area (Å²) in [5.74, 6) is 0.535. The maximum absolute atomic E-state index is 12.1. The van der Waals surface area contributed by atoms with Crippen LogP contribution in [0.2, 0.25) is 0 Å². The molecule has 0 fully saturated rings. The number of carbonyl (C=O) groups is 1. The van der Waals surface area contributed by atoms with Gasteiger partial charge < -0.3 is 9.47 Å².